The quantitative estimate of drug-likeness (QED) is 0.204. The highest BCUT2D eigenvalue weighted by Gasteiger charge is 2.29. The van der Waals surface area contributed by atoms with Crippen molar-refractivity contribution in [3.63, 3.8) is 0 Å². The molecular formula is C31H36N8O3. The second-order valence-electron chi connectivity index (χ2n) is 10.4. The summed E-state index contributed by atoms with van der Waals surface area (Å²) in [5.74, 6) is 0.169. The van der Waals surface area contributed by atoms with Gasteiger partial charge in [-0.2, -0.15) is 0 Å². The van der Waals surface area contributed by atoms with Gasteiger partial charge in [-0.25, -0.2) is 9.78 Å². The van der Waals surface area contributed by atoms with E-state index in [1.165, 1.54) is 18.0 Å². The van der Waals surface area contributed by atoms with Crippen LogP contribution in [0.2, 0.25) is 0 Å². The van der Waals surface area contributed by atoms with Gasteiger partial charge in [0.05, 0.1) is 5.56 Å². The largest absolute Gasteiger partial charge is 0.415 e. The van der Waals surface area contributed by atoms with Gasteiger partial charge in [0.25, 0.3) is 5.91 Å². The van der Waals surface area contributed by atoms with Crippen molar-refractivity contribution in [3.05, 3.63) is 83.7 Å². The van der Waals surface area contributed by atoms with Gasteiger partial charge in [0.1, 0.15) is 11.6 Å². The maximum absolute atomic E-state index is 13.0. The SMILES string of the molecule is CN/C=C(\C=N)c1cnc(N)c(C(=O)NC2CCN(C(=O)Oc3cccc(-c4ccc(CNC5CNC5)cc4)c3)C2)c1. The monoisotopic (exact) mass is 568 g/mol. The summed E-state index contributed by atoms with van der Waals surface area (Å²) in [5.41, 5.74) is 10.6. The van der Waals surface area contributed by atoms with Crippen LogP contribution in [0.15, 0.2) is 67.0 Å². The van der Waals surface area contributed by atoms with Crippen LogP contribution in [0.1, 0.15) is 27.9 Å². The molecule has 0 spiro atoms. The molecule has 0 aliphatic carbocycles. The maximum atomic E-state index is 13.0. The highest BCUT2D eigenvalue weighted by Crippen LogP contribution is 2.25. The molecule has 42 heavy (non-hydrogen) atoms. The Kier molecular flexibility index (Phi) is 9.10. The van der Waals surface area contributed by atoms with E-state index in [2.05, 4.69) is 50.5 Å². The highest BCUT2D eigenvalue weighted by molar-refractivity contribution is 6.09. The molecule has 1 unspecified atom stereocenters. The number of pyridine rings is 1. The standard InChI is InChI=1S/C31H36N8O3/c1-34-15-24(13-32)23-12-28(29(33)37-16-23)30(40)38-25-9-10-39(19-25)31(41)42-27-4-2-3-22(11-27)21-7-5-20(6-8-21)14-36-26-17-35-18-26/h2-8,11-13,15-16,25-26,32,34-36H,9-10,14,17-19H2,1H3,(H2,33,37)(H,38,40)/b24-15+,32-13?. The number of carbonyl (C=O) groups is 2. The lowest BCUT2D eigenvalue weighted by molar-refractivity contribution is 0.0937. The molecule has 11 heteroatoms. The zero-order chi connectivity index (χ0) is 29.5. The number of likely N-dealkylation sites (tertiary alicyclic amines) is 1. The fourth-order valence-corrected chi connectivity index (χ4v) is 4.90. The number of hydrogen-bond donors (Lipinski definition) is 6. The van der Waals surface area contributed by atoms with Gasteiger partial charge < -0.3 is 42.0 Å². The summed E-state index contributed by atoms with van der Waals surface area (Å²) < 4.78 is 5.70. The number of hydrogen-bond acceptors (Lipinski definition) is 9. The molecule has 0 radical (unpaired) electrons. The molecule has 2 aromatic carbocycles. The first-order valence-corrected chi connectivity index (χ1v) is 14.0. The summed E-state index contributed by atoms with van der Waals surface area (Å²) in [7, 11) is 1.72. The zero-order valence-electron chi connectivity index (χ0n) is 23.5. The van der Waals surface area contributed by atoms with Gasteiger partial charge in [0.2, 0.25) is 0 Å². The molecule has 1 atom stereocenters. The third kappa shape index (κ3) is 6.93. The Bertz CT molecular complexity index is 1470. The van der Waals surface area contributed by atoms with Gasteiger partial charge in [0, 0.05) is 81.6 Å². The Labute approximate surface area is 245 Å². The number of anilines is 1. The third-order valence-corrected chi connectivity index (χ3v) is 7.44. The van der Waals surface area contributed by atoms with Gasteiger partial charge in [-0.3, -0.25) is 4.79 Å². The van der Waals surface area contributed by atoms with E-state index in [0.29, 0.717) is 42.4 Å². The molecule has 2 fully saturated rings. The molecule has 0 bridgehead atoms. The van der Waals surface area contributed by atoms with Crippen LogP contribution in [-0.2, 0) is 6.54 Å². The first-order valence-electron chi connectivity index (χ1n) is 14.0. The first kappa shape index (κ1) is 28.8. The van der Waals surface area contributed by atoms with Crippen molar-refractivity contribution in [1.29, 1.82) is 5.41 Å². The van der Waals surface area contributed by atoms with Crippen molar-refractivity contribution >= 4 is 29.6 Å². The second kappa shape index (κ2) is 13.3. The number of carbonyl (C=O) groups excluding carboxylic acids is 2. The van der Waals surface area contributed by atoms with Crippen LogP contribution in [-0.4, -0.2) is 73.4 Å². The Balaban J connectivity index is 1.16. The molecule has 7 N–H and O–H groups in total. The van der Waals surface area contributed by atoms with Gasteiger partial charge >= 0.3 is 6.09 Å². The van der Waals surface area contributed by atoms with Crippen molar-refractivity contribution in [3.8, 4) is 16.9 Å². The van der Waals surface area contributed by atoms with E-state index in [-0.39, 0.29) is 23.3 Å². The fraction of sp³-hybridized carbons (Fsp3) is 0.290. The van der Waals surface area contributed by atoms with Crippen LogP contribution in [0.5, 0.6) is 5.75 Å². The second-order valence-corrected chi connectivity index (χ2v) is 10.4. The van der Waals surface area contributed by atoms with Gasteiger partial charge in [0.15, 0.2) is 0 Å². The van der Waals surface area contributed by atoms with Crippen molar-refractivity contribution in [2.75, 3.05) is 39.0 Å². The molecule has 0 saturated carbocycles. The lowest BCUT2D eigenvalue weighted by atomic mass is 10.0. The molecule has 5 rings (SSSR count). The number of amides is 2. The molecule has 218 valence electrons. The topological polar surface area (TPSA) is 157 Å². The van der Waals surface area contributed by atoms with Crippen LogP contribution in [0.4, 0.5) is 10.6 Å². The Morgan fingerprint density at radius 3 is 2.67 bits per heavy atom. The minimum absolute atomic E-state index is 0.0942. The molecule has 3 aromatic rings. The van der Waals surface area contributed by atoms with E-state index in [1.54, 1.807) is 30.3 Å². The lowest BCUT2D eigenvalue weighted by Gasteiger charge is -2.28. The van der Waals surface area contributed by atoms with Crippen molar-refractivity contribution in [2.45, 2.75) is 25.0 Å². The van der Waals surface area contributed by atoms with E-state index >= 15 is 0 Å². The fourth-order valence-electron chi connectivity index (χ4n) is 4.90. The number of allylic oxidation sites excluding steroid dienone is 1. The first-order chi connectivity index (χ1) is 20.4. The number of nitrogens with one attached hydrogen (secondary N) is 5. The van der Waals surface area contributed by atoms with E-state index in [0.717, 1.165) is 30.8 Å². The van der Waals surface area contributed by atoms with Gasteiger partial charge in [-0.1, -0.05) is 36.4 Å². The molecule has 2 amide bonds. The van der Waals surface area contributed by atoms with Crippen LogP contribution in [0, 0.1) is 5.41 Å². The minimum atomic E-state index is -0.466. The van der Waals surface area contributed by atoms with E-state index in [9.17, 15) is 9.59 Å². The van der Waals surface area contributed by atoms with E-state index in [4.69, 9.17) is 15.9 Å². The average molecular weight is 569 g/mol. The number of nitrogens with zero attached hydrogens (tertiary/aromatic N) is 2. The van der Waals surface area contributed by atoms with Crippen molar-refractivity contribution in [2.24, 2.45) is 0 Å². The number of nitrogen functional groups attached to an aromatic ring is 1. The van der Waals surface area contributed by atoms with Crippen LogP contribution < -0.4 is 31.7 Å². The number of nitrogens with two attached hydrogens (primary N) is 1. The summed E-state index contributed by atoms with van der Waals surface area (Å²) in [6.07, 6.45) is 4.45. The summed E-state index contributed by atoms with van der Waals surface area (Å²) >= 11 is 0. The summed E-state index contributed by atoms with van der Waals surface area (Å²) in [5, 5.41) is 20.2. The zero-order valence-corrected chi connectivity index (χ0v) is 23.5. The normalized spacial score (nSPS) is 16.9. The van der Waals surface area contributed by atoms with E-state index < -0.39 is 6.09 Å². The number of benzene rings is 2. The number of rotatable bonds is 10. The lowest BCUT2D eigenvalue weighted by Crippen LogP contribution is -2.54. The number of aromatic nitrogens is 1. The maximum Gasteiger partial charge on any atom is 0.415 e. The Morgan fingerprint density at radius 2 is 1.95 bits per heavy atom. The van der Waals surface area contributed by atoms with Crippen molar-refractivity contribution in [1.82, 2.24) is 31.2 Å². The predicted molar refractivity (Wildman–Crippen MR) is 163 cm³/mol. The smallest absolute Gasteiger partial charge is 0.410 e. The molecule has 3 heterocycles. The Morgan fingerprint density at radius 1 is 1.14 bits per heavy atom. The molecule has 1 aromatic heterocycles. The third-order valence-electron chi connectivity index (χ3n) is 7.44. The minimum Gasteiger partial charge on any atom is -0.410 e. The summed E-state index contributed by atoms with van der Waals surface area (Å²) in [6, 6.07) is 17.7. The molecule has 2 aliphatic heterocycles. The molecule has 2 aliphatic rings. The predicted octanol–water partition coefficient (Wildman–Crippen LogP) is 2.61. The van der Waals surface area contributed by atoms with Crippen LogP contribution in [0.25, 0.3) is 16.7 Å². The van der Waals surface area contributed by atoms with Crippen LogP contribution in [0.3, 0.4) is 0 Å². The molecule has 11 nitrogen and oxygen atoms in total. The average Bonchev–Trinajstić information content (AvgIpc) is 3.44. The number of ether oxygens (including phenoxy) is 1. The van der Waals surface area contributed by atoms with Gasteiger partial charge in [-0.15, -0.1) is 0 Å². The Hall–Kier alpha value is -4.74. The van der Waals surface area contributed by atoms with Crippen LogP contribution >= 0.6 is 0 Å². The molecule has 2 saturated heterocycles. The highest BCUT2D eigenvalue weighted by atomic mass is 16.6. The van der Waals surface area contributed by atoms with Gasteiger partial charge in [-0.05, 0) is 41.3 Å². The van der Waals surface area contributed by atoms with Crippen molar-refractivity contribution < 1.29 is 14.3 Å². The summed E-state index contributed by atoms with van der Waals surface area (Å²) in [4.78, 5) is 31.7. The molecular weight excluding hydrogens is 532 g/mol. The van der Waals surface area contributed by atoms with E-state index in [1.807, 2.05) is 18.2 Å². The summed E-state index contributed by atoms with van der Waals surface area (Å²) in [6.45, 7) is 3.63.